The van der Waals surface area contributed by atoms with Gasteiger partial charge in [-0.3, -0.25) is 9.89 Å². The van der Waals surface area contributed by atoms with Crippen molar-refractivity contribution in [1.82, 2.24) is 15.5 Å². The highest BCUT2D eigenvalue weighted by Crippen LogP contribution is 2.24. The van der Waals surface area contributed by atoms with Crippen LogP contribution in [0.3, 0.4) is 0 Å². The number of nitrogens with one attached hydrogen (secondary N) is 2. The van der Waals surface area contributed by atoms with Crippen molar-refractivity contribution in [3.63, 3.8) is 0 Å². The predicted octanol–water partition coefficient (Wildman–Crippen LogP) is 3.47. The normalized spacial score (nSPS) is 15.8. The Hall–Kier alpha value is -1.65. The van der Waals surface area contributed by atoms with E-state index in [0.717, 1.165) is 19.6 Å². The third-order valence-electron chi connectivity index (χ3n) is 5.44. The zero-order chi connectivity index (χ0) is 21.2. The Morgan fingerprint density at radius 3 is 2.23 bits per heavy atom. The number of sulfone groups is 1. The summed E-state index contributed by atoms with van der Waals surface area (Å²) < 4.78 is 24.8. The smallest absolute Gasteiger partial charge is 0.191 e. The molecule has 0 aliphatic carbocycles. The third-order valence-corrected chi connectivity index (χ3v) is 7.25. The van der Waals surface area contributed by atoms with Crippen molar-refractivity contribution >= 4 is 39.8 Å². The molecule has 1 atom stereocenters. The van der Waals surface area contributed by atoms with Crippen molar-refractivity contribution in [3.05, 3.63) is 66.2 Å². The average molecular weight is 557 g/mol. The van der Waals surface area contributed by atoms with Crippen LogP contribution in [0, 0.1) is 0 Å². The maximum absolute atomic E-state index is 12.4. The maximum Gasteiger partial charge on any atom is 0.191 e. The Bertz CT molecular complexity index is 902. The molecule has 1 heterocycles. The van der Waals surface area contributed by atoms with E-state index in [0.29, 0.717) is 29.9 Å². The number of halogens is 1. The molecule has 0 aromatic heterocycles. The summed E-state index contributed by atoms with van der Waals surface area (Å²) in [5.41, 5.74) is 1.30. The van der Waals surface area contributed by atoms with Crippen molar-refractivity contribution in [2.75, 3.05) is 39.0 Å². The van der Waals surface area contributed by atoms with Crippen LogP contribution in [0.4, 0.5) is 0 Å². The lowest BCUT2D eigenvalue weighted by Crippen LogP contribution is -2.43. The summed E-state index contributed by atoms with van der Waals surface area (Å²) in [4.78, 5) is 7.19. The van der Waals surface area contributed by atoms with Gasteiger partial charge in [-0.1, -0.05) is 48.5 Å². The minimum absolute atomic E-state index is 0. The fraction of sp³-hybridized carbons (Fsp3) is 0.435. The molecule has 2 aromatic carbocycles. The lowest BCUT2D eigenvalue weighted by Gasteiger charge is -2.29. The van der Waals surface area contributed by atoms with E-state index in [4.69, 9.17) is 0 Å². The molecule has 0 bridgehead atoms. The van der Waals surface area contributed by atoms with Crippen molar-refractivity contribution in [3.8, 4) is 0 Å². The van der Waals surface area contributed by atoms with Crippen LogP contribution < -0.4 is 10.6 Å². The van der Waals surface area contributed by atoms with Gasteiger partial charge in [0.2, 0.25) is 0 Å². The molecular formula is C23H33IN4O2S. The summed E-state index contributed by atoms with van der Waals surface area (Å²) in [5.74, 6) is 0.814. The van der Waals surface area contributed by atoms with Crippen LogP contribution in [0.5, 0.6) is 0 Å². The van der Waals surface area contributed by atoms with Gasteiger partial charge in [0.25, 0.3) is 0 Å². The number of aliphatic imine (C=N–C) groups is 1. The van der Waals surface area contributed by atoms with Gasteiger partial charge in [0.05, 0.1) is 16.7 Å². The summed E-state index contributed by atoms with van der Waals surface area (Å²) in [6.07, 6.45) is 3.00. The Labute approximate surface area is 203 Å². The topological polar surface area (TPSA) is 73.8 Å². The third kappa shape index (κ3) is 7.76. The van der Waals surface area contributed by atoms with Gasteiger partial charge >= 0.3 is 0 Å². The molecule has 0 spiro atoms. The van der Waals surface area contributed by atoms with Crippen LogP contribution >= 0.6 is 24.0 Å². The van der Waals surface area contributed by atoms with Crippen molar-refractivity contribution < 1.29 is 8.42 Å². The van der Waals surface area contributed by atoms with E-state index < -0.39 is 9.84 Å². The standard InChI is InChI=1S/C23H32N4O2S.HI/c1-24-23(25-15-10-18-30(28,29)21-13-6-3-7-14-21)26-19-22(27-16-8-9-17-27)20-11-4-2-5-12-20;/h2-7,11-14,22H,8-10,15-19H2,1H3,(H2,24,25,26);1H. The molecule has 1 aliphatic rings. The molecule has 0 amide bonds. The second-order valence-electron chi connectivity index (χ2n) is 7.53. The summed E-state index contributed by atoms with van der Waals surface area (Å²) in [6.45, 7) is 3.53. The van der Waals surface area contributed by atoms with Gasteiger partial charge in [0.1, 0.15) is 0 Å². The Morgan fingerprint density at radius 2 is 1.61 bits per heavy atom. The van der Waals surface area contributed by atoms with Crippen molar-refractivity contribution in [2.45, 2.75) is 30.2 Å². The molecule has 31 heavy (non-hydrogen) atoms. The zero-order valence-electron chi connectivity index (χ0n) is 18.0. The minimum Gasteiger partial charge on any atom is -0.356 e. The van der Waals surface area contributed by atoms with Crippen LogP contribution in [0.1, 0.15) is 30.9 Å². The quantitative estimate of drug-likeness (QED) is 0.214. The van der Waals surface area contributed by atoms with E-state index in [-0.39, 0.29) is 29.7 Å². The Balaban J connectivity index is 0.00000341. The zero-order valence-corrected chi connectivity index (χ0v) is 21.2. The molecule has 170 valence electrons. The lowest BCUT2D eigenvalue weighted by atomic mass is 10.1. The van der Waals surface area contributed by atoms with Crippen LogP contribution in [0.15, 0.2) is 70.6 Å². The van der Waals surface area contributed by atoms with E-state index in [1.807, 2.05) is 12.1 Å². The van der Waals surface area contributed by atoms with Crippen molar-refractivity contribution in [2.24, 2.45) is 4.99 Å². The molecule has 2 aromatic rings. The van der Waals surface area contributed by atoms with Crippen molar-refractivity contribution in [1.29, 1.82) is 0 Å². The van der Waals surface area contributed by atoms with Gasteiger partial charge < -0.3 is 10.6 Å². The van der Waals surface area contributed by atoms with Gasteiger partial charge in [-0.15, -0.1) is 24.0 Å². The summed E-state index contributed by atoms with van der Waals surface area (Å²) in [7, 11) is -1.51. The molecule has 1 unspecified atom stereocenters. The van der Waals surface area contributed by atoms with Crippen LogP contribution in [-0.2, 0) is 9.84 Å². The summed E-state index contributed by atoms with van der Waals surface area (Å²) in [5, 5.41) is 6.67. The number of hydrogen-bond donors (Lipinski definition) is 2. The number of hydrogen-bond acceptors (Lipinski definition) is 4. The monoisotopic (exact) mass is 556 g/mol. The molecule has 6 nitrogen and oxygen atoms in total. The summed E-state index contributed by atoms with van der Waals surface area (Å²) >= 11 is 0. The first kappa shape index (κ1) is 25.6. The molecule has 1 saturated heterocycles. The van der Waals surface area contributed by atoms with E-state index in [2.05, 4.69) is 44.8 Å². The number of nitrogens with zero attached hydrogens (tertiary/aromatic N) is 2. The SMILES string of the molecule is CN=C(NCCCS(=O)(=O)c1ccccc1)NCC(c1ccccc1)N1CCCC1.I. The molecule has 3 rings (SSSR count). The predicted molar refractivity (Wildman–Crippen MR) is 138 cm³/mol. The first-order valence-electron chi connectivity index (χ1n) is 10.6. The number of benzene rings is 2. The van der Waals surface area contributed by atoms with Crippen LogP contribution in [-0.4, -0.2) is 58.3 Å². The molecule has 1 aliphatic heterocycles. The first-order chi connectivity index (χ1) is 14.6. The molecule has 1 fully saturated rings. The first-order valence-corrected chi connectivity index (χ1v) is 12.3. The van der Waals surface area contributed by atoms with Gasteiger partial charge in [-0.05, 0) is 50.0 Å². The van der Waals surface area contributed by atoms with Crippen LogP contribution in [0.2, 0.25) is 0 Å². The molecule has 0 saturated carbocycles. The molecule has 0 radical (unpaired) electrons. The van der Waals surface area contributed by atoms with Gasteiger partial charge in [0, 0.05) is 20.1 Å². The maximum atomic E-state index is 12.4. The minimum atomic E-state index is -3.24. The van der Waals surface area contributed by atoms with E-state index in [9.17, 15) is 8.42 Å². The second-order valence-corrected chi connectivity index (χ2v) is 9.64. The molecule has 2 N–H and O–H groups in total. The van der Waals surface area contributed by atoms with E-state index >= 15 is 0 Å². The lowest BCUT2D eigenvalue weighted by molar-refractivity contribution is 0.245. The van der Waals surface area contributed by atoms with Gasteiger partial charge in [-0.2, -0.15) is 0 Å². The molecule has 8 heteroatoms. The molecular weight excluding hydrogens is 523 g/mol. The van der Waals surface area contributed by atoms with E-state index in [1.165, 1.54) is 18.4 Å². The Morgan fingerprint density at radius 1 is 1.00 bits per heavy atom. The van der Waals surface area contributed by atoms with Gasteiger partial charge in [-0.25, -0.2) is 8.42 Å². The average Bonchev–Trinajstić information content (AvgIpc) is 3.31. The second kappa shape index (κ2) is 13.0. The highest BCUT2D eigenvalue weighted by molar-refractivity contribution is 14.0. The summed E-state index contributed by atoms with van der Waals surface area (Å²) in [6, 6.07) is 19.5. The fourth-order valence-corrected chi connectivity index (χ4v) is 5.15. The highest BCUT2D eigenvalue weighted by Gasteiger charge is 2.23. The van der Waals surface area contributed by atoms with E-state index in [1.54, 1.807) is 31.3 Å². The number of guanidine groups is 1. The number of likely N-dealkylation sites (tertiary alicyclic amines) is 1. The largest absolute Gasteiger partial charge is 0.356 e. The van der Waals surface area contributed by atoms with Gasteiger partial charge in [0.15, 0.2) is 15.8 Å². The van der Waals surface area contributed by atoms with Crippen LogP contribution in [0.25, 0.3) is 0 Å². The highest BCUT2D eigenvalue weighted by atomic mass is 127. The number of rotatable bonds is 9. The fourth-order valence-electron chi connectivity index (χ4n) is 3.81. The Kier molecular flexibility index (Phi) is 10.8.